The van der Waals surface area contributed by atoms with E-state index in [0.717, 1.165) is 110 Å². The minimum Gasteiger partial charge on any atom is -0.393 e. The Labute approximate surface area is 447 Å². The zero-order valence-electron chi connectivity index (χ0n) is 48.3. The van der Waals surface area contributed by atoms with Crippen LogP contribution in [-0.4, -0.2) is 92.8 Å². The molecule has 73 heavy (non-hydrogen) atoms. The number of nitrogens with one attached hydrogen (secondary N) is 2. The van der Waals surface area contributed by atoms with Gasteiger partial charge < -0.3 is 41.3 Å². The van der Waals surface area contributed by atoms with E-state index in [2.05, 4.69) is 66.0 Å². The SMILES string of the molecule is CCCCCCCCNC(=O)CCC(C)[C@H]1CC[C@H]2C3[C@H](O)C[C@@H]4C[C@H](O)CC[C@]4(C)[C@H]3C[C@H](O)[C@]12C.CCCCCCCCNCCCC(C)[C@H]1CC[C@H]2C3[C@H](O)C[C@@H]4C[C@H](O)CC[C@]4(C)[C@H]3C[C@H](O)[C@]12C. The summed E-state index contributed by atoms with van der Waals surface area (Å²) >= 11 is 0. The number of carbonyl (C=O) groups excluding carboxylic acids is 1. The Kier molecular flexibility index (Phi) is 21.7. The van der Waals surface area contributed by atoms with Crippen molar-refractivity contribution in [2.24, 2.45) is 92.7 Å². The Hall–Kier alpha value is -0.810. The zero-order valence-corrected chi connectivity index (χ0v) is 48.3. The van der Waals surface area contributed by atoms with Crippen LogP contribution in [0.5, 0.6) is 0 Å². The minimum absolute atomic E-state index is 0.0646. The van der Waals surface area contributed by atoms with E-state index >= 15 is 0 Å². The first kappa shape index (κ1) is 59.8. The third-order valence-electron chi connectivity index (χ3n) is 24.4. The molecule has 0 saturated heterocycles. The Morgan fingerprint density at radius 2 is 0.918 bits per heavy atom. The van der Waals surface area contributed by atoms with E-state index in [1.54, 1.807) is 0 Å². The van der Waals surface area contributed by atoms with Gasteiger partial charge in [0, 0.05) is 13.0 Å². The molecule has 8 aliphatic rings. The van der Waals surface area contributed by atoms with E-state index in [1.807, 2.05) is 0 Å². The summed E-state index contributed by atoms with van der Waals surface area (Å²) < 4.78 is 0. The van der Waals surface area contributed by atoms with Crippen LogP contribution in [0.1, 0.15) is 248 Å². The first-order valence-electron chi connectivity index (χ1n) is 31.9. The normalized spacial score (nSPS) is 44.5. The van der Waals surface area contributed by atoms with Crippen LogP contribution in [0.15, 0.2) is 0 Å². The van der Waals surface area contributed by atoms with Gasteiger partial charge in [0.25, 0.3) is 0 Å². The van der Waals surface area contributed by atoms with Crippen LogP contribution in [0.4, 0.5) is 0 Å². The number of carbonyl (C=O) groups is 1. The van der Waals surface area contributed by atoms with Gasteiger partial charge in [0.2, 0.25) is 5.91 Å². The number of rotatable bonds is 23. The predicted octanol–water partition coefficient (Wildman–Crippen LogP) is 12.2. The van der Waals surface area contributed by atoms with Gasteiger partial charge in [0.15, 0.2) is 0 Å². The maximum absolute atomic E-state index is 12.5. The largest absolute Gasteiger partial charge is 0.393 e. The van der Waals surface area contributed by atoms with Gasteiger partial charge in [-0.05, 0) is 228 Å². The summed E-state index contributed by atoms with van der Waals surface area (Å²) in [6, 6.07) is 0. The van der Waals surface area contributed by atoms with Crippen molar-refractivity contribution in [2.45, 2.75) is 285 Å². The molecule has 22 atom stereocenters. The summed E-state index contributed by atoms with van der Waals surface area (Å²) in [5.74, 6) is 4.97. The van der Waals surface area contributed by atoms with Gasteiger partial charge in [0.1, 0.15) is 0 Å². The molecule has 4 unspecified atom stereocenters. The number of aliphatic hydroxyl groups excluding tert-OH is 6. The summed E-state index contributed by atoms with van der Waals surface area (Å²) in [5.41, 5.74) is 0.0266. The summed E-state index contributed by atoms with van der Waals surface area (Å²) in [5, 5.41) is 73.8. The van der Waals surface area contributed by atoms with Crippen molar-refractivity contribution < 1.29 is 35.4 Å². The predicted molar refractivity (Wildman–Crippen MR) is 297 cm³/mol. The maximum atomic E-state index is 12.5. The fourth-order valence-corrected chi connectivity index (χ4v) is 20.0. The van der Waals surface area contributed by atoms with Gasteiger partial charge in [-0.25, -0.2) is 0 Å². The first-order valence-corrected chi connectivity index (χ1v) is 31.9. The van der Waals surface area contributed by atoms with E-state index in [-0.39, 0.29) is 70.1 Å². The Morgan fingerprint density at radius 3 is 1.40 bits per heavy atom. The van der Waals surface area contributed by atoms with Gasteiger partial charge in [-0.15, -0.1) is 0 Å². The first-order chi connectivity index (χ1) is 34.9. The topological polar surface area (TPSA) is 163 Å². The van der Waals surface area contributed by atoms with Crippen LogP contribution in [0.2, 0.25) is 0 Å². The van der Waals surface area contributed by atoms with Crippen molar-refractivity contribution in [3.8, 4) is 0 Å². The average Bonchev–Trinajstić information content (AvgIpc) is 3.91. The molecule has 8 N–H and O–H groups in total. The van der Waals surface area contributed by atoms with Crippen molar-refractivity contribution in [1.82, 2.24) is 10.6 Å². The molecule has 8 saturated carbocycles. The lowest BCUT2D eigenvalue weighted by atomic mass is 9.43. The van der Waals surface area contributed by atoms with Crippen LogP contribution in [-0.2, 0) is 4.79 Å². The second kappa shape index (κ2) is 26.4. The molecule has 0 spiro atoms. The maximum Gasteiger partial charge on any atom is 0.220 e. The van der Waals surface area contributed by atoms with E-state index in [0.29, 0.717) is 71.5 Å². The number of fused-ring (bicyclic) bond motifs is 10. The van der Waals surface area contributed by atoms with Crippen molar-refractivity contribution in [3.05, 3.63) is 0 Å². The van der Waals surface area contributed by atoms with Crippen LogP contribution >= 0.6 is 0 Å². The summed E-state index contributed by atoms with van der Waals surface area (Å²) in [6.07, 6.45) is 31.0. The quantitative estimate of drug-likeness (QED) is 0.0469. The summed E-state index contributed by atoms with van der Waals surface area (Å²) in [4.78, 5) is 12.5. The monoisotopic (exact) mass is 1020 g/mol. The lowest BCUT2D eigenvalue weighted by Crippen LogP contribution is -2.62. The molecule has 8 aliphatic carbocycles. The average molecular weight is 1030 g/mol. The number of unbranched alkanes of at least 4 members (excludes halogenated alkanes) is 10. The molecule has 1 amide bonds. The highest BCUT2D eigenvalue weighted by molar-refractivity contribution is 5.75. The van der Waals surface area contributed by atoms with Crippen molar-refractivity contribution in [1.29, 1.82) is 0 Å². The molecular formula is C64H116N2O7. The zero-order chi connectivity index (χ0) is 52.7. The van der Waals surface area contributed by atoms with Crippen molar-refractivity contribution in [2.75, 3.05) is 19.6 Å². The van der Waals surface area contributed by atoms with Gasteiger partial charge in [0.05, 0.1) is 36.6 Å². The molecule has 0 aliphatic heterocycles. The van der Waals surface area contributed by atoms with Crippen LogP contribution < -0.4 is 10.6 Å². The van der Waals surface area contributed by atoms with Crippen LogP contribution in [0.3, 0.4) is 0 Å². The number of amides is 1. The molecule has 9 nitrogen and oxygen atoms in total. The standard InChI is InChI=1S/C32H57NO4.C32H59NO3/c1-5-6-7-8-9-10-17-33-29(37)14-11-21(2)24-12-13-25-30-26(20-28(36)32(24,25)4)31(3)16-15-23(34)18-22(31)19-27(30)35;1-5-6-7-8-9-10-17-33-18-11-12-22(2)25-13-14-26-30-27(21-29(36)32(25,26)4)31(3)16-15-24(34)19-23(31)20-28(30)35/h21-28,30,34-36H,5-20H2,1-4H3,(H,33,37);22-30,33-36H,5-21H2,1-4H3/t21?,22-,23+,24+,25-,26-,27+,28-,30?,31-,32+;22?,23-,24+,25+,26-,27-,28+,29-,30?,31-,32+/m00/s1. The number of aliphatic hydroxyl groups is 6. The highest BCUT2D eigenvalue weighted by atomic mass is 16.3. The van der Waals surface area contributed by atoms with E-state index in [9.17, 15) is 35.4 Å². The molecule has 0 aromatic carbocycles. The van der Waals surface area contributed by atoms with Gasteiger partial charge in [-0.2, -0.15) is 0 Å². The van der Waals surface area contributed by atoms with E-state index < -0.39 is 0 Å². The minimum atomic E-state index is -0.357. The van der Waals surface area contributed by atoms with Gasteiger partial charge in [-0.3, -0.25) is 4.79 Å². The van der Waals surface area contributed by atoms with E-state index in [4.69, 9.17) is 0 Å². The summed E-state index contributed by atoms with van der Waals surface area (Å²) in [6.45, 7) is 21.8. The molecule has 0 aromatic rings. The Balaban J connectivity index is 0.000000214. The molecule has 9 heteroatoms. The number of hydrogen-bond acceptors (Lipinski definition) is 8. The molecule has 8 fully saturated rings. The number of hydrogen-bond donors (Lipinski definition) is 8. The second-order valence-corrected chi connectivity index (χ2v) is 28.3. The van der Waals surface area contributed by atoms with Crippen LogP contribution in [0, 0.1) is 92.7 Å². The molecule has 0 bridgehead atoms. The second-order valence-electron chi connectivity index (χ2n) is 28.3. The van der Waals surface area contributed by atoms with E-state index in [1.165, 1.54) is 96.3 Å². The van der Waals surface area contributed by atoms with Crippen molar-refractivity contribution >= 4 is 5.91 Å². The Morgan fingerprint density at radius 1 is 0.493 bits per heavy atom. The van der Waals surface area contributed by atoms with Crippen molar-refractivity contribution in [3.63, 3.8) is 0 Å². The third kappa shape index (κ3) is 12.8. The summed E-state index contributed by atoms with van der Waals surface area (Å²) in [7, 11) is 0. The van der Waals surface area contributed by atoms with Crippen LogP contribution in [0.25, 0.3) is 0 Å². The molecule has 0 radical (unpaired) electrons. The lowest BCUT2D eigenvalue weighted by molar-refractivity contribution is -0.207. The van der Waals surface area contributed by atoms with Gasteiger partial charge >= 0.3 is 0 Å². The Bertz CT molecular complexity index is 1680. The molecule has 0 heterocycles. The highest BCUT2D eigenvalue weighted by Gasteiger charge is 2.67. The fraction of sp³-hybridized carbons (Fsp3) is 0.984. The lowest BCUT2D eigenvalue weighted by Gasteiger charge is -2.63. The molecule has 0 aromatic heterocycles. The molecule has 424 valence electrons. The fourth-order valence-electron chi connectivity index (χ4n) is 20.0. The molecular weight excluding hydrogens is 909 g/mol. The third-order valence-corrected chi connectivity index (χ3v) is 24.4. The molecule has 8 rings (SSSR count). The smallest absolute Gasteiger partial charge is 0.220 e. The van der Waals surface area contributed by atoms with Gasteiger partial charge in [-0.1, -0.05) is 120 Å². The highest BCUT2D eigenvalue weighted by Crippen LogP contribution is 2.70.